The highest BCUT2D eigenvalue weighted by atomic mass is 16.6. The number of hydrogen-bond donors (Lipinski definition) is 2. The molecule has 0 saturated carbocycles. The van der Waals surface area contributed by atoms with Crippen molar-refractivity contribution in [3.8, 4) is 0 Å². The summed E-state index contributed by atoms with van der Waals surface area (Å²) in [5.74, 6) is -0.358. The number of amides is 2. The Labute approximate surface area is 154 Å². The number of para-hydroxylation sites is 2. The molecule has 2 rings (SSSR count). The molecule has 2 amide bonds. The highest BCUT2D eigenvalue weighted by Crippen LogP contribution is 2.22. The van der Waals surface area contributed by atoms with Crippen LogP contribution in [0.2, 0.25) is 0 Å². The van der Waals surface area contributed by atoms with Gasteiger partial charge in [0.15, 0.2) is 0 Å². The summed E-state index contributed by atoms with van der Waals surface area (Å²) in [6.45, 7) is 6.91. The van der Waals surface area contributed by atoms with Crippen LogP contribution in [0.5, 0.6) is 0 Å². The van der Waals surface area contributed by atoms with Crippen molar-refractivity contribution in [1.82, 2.24) is 10.7 Å². The first-order valence-electron chi connectivity index (χ1n) is 8.46. The number of rotatable bonds is 5. The van der Waals surface area contributed by atoms with Crippen LogP contribution in [0.25, 0.3) is 0 Å². The molecule has 1 unspecified atom stereocenters. The molecule has 0 spiro atoms. The van der Waals surface area contributed by atoms with Crippen LogP contribution in [0.4, 0.5) is 16.2 Å². The number of carbonyl (C=O) groups is 2. The van der Waals surface area contributed by atoms with Crippen molar-refractivity contribution in [1.29, 1.82) is 0 Å². The van der Waals surface area contributed by atoms with Gasteiger partial charge in [0.05, 0.1) is 11.4 Å². The van der Waals surface area contributed by atoms with E-state index in [1.165, 1.54) is 0 Å². The molecular weight excluding hydrogens is 330 g/mol. The summed E-state index contributed by atoms with van der Waals surface area (Å²) in [6, 6.07) is 18.2. The van der Waals surface area contributed by atoms with Gasteiger partial charge in [-0.05, 0) is 52.0 Å². The molecule has 0 aliphatic rings. The van der Waals surface area contributed by atoms with Gasteiger partial charge in [0.25, 0.3) is 5.91 Å². The van der Waals surface area contributed by atoms with Crippen LogP contribution in [0.1, 0.15) is 27.7 Å². The lowest BCUT2D eigenvalue weighted by atomic mass is 10.2. The van der Waals surface area contributed by atoms with E-state index in [1.807, 2.05) is 60.7 Å². The van der Waals surface area contributed by atoms with Gasteiger partial charge in [-0.2, -0.15) is 0 Å². The molecular formula is C20H25N3O3. The van der Waals surface area contributed by atoms with E-state index < -0.39 is 17.7 Å². The fourth-order valence-electron chi connectivity index (χ4n) is 2.19. The first kappa shape index (κ1) is 19.3. The quantitative estimate of drug-likeness (QED) is 0.801. The Morgan fingerprint density at radius 2 is 1.38 bits per heavy atom. The summed E-state index contributed by atoms with van der Waals surface area (Å²) in [7, 11) is 0. The Morgan fingerprint density at radius 3 is 1.81 bits per heavy atom. The van der Waals surface area contributed by atoms with Gasteiger partial charge < -0.3 is 10.1 Å². The van der Waals surface area contributed by atoms with Crippen LogP contribution in [0.15, 0.2) is 60.7 Å². The summed E-state index contributed by atoms with van der Waals surface area (Å²) in [5, 5.41) is 4.22. The van der Waals surface area contributed by atoms with E-state index in [4.69, 9.17) is 4.74 Å². The molecule has 0 aliphatic heterocycles. The zero-order valence-electron chi connectivity index (χ0n) is 15.5. The highest BCUT2D eigenvalue weighted by Gasteiger charge is 2.22. The number of anilines is 2. The van der Waals surface area contributed by atoms with E-state index >= 15 is 0 Å². The summed E-state index contributed by atoms with van der Waals surface area (Å²) in [5.41, 5.74) is 3.82. The summed E-state index contributed by atoms with van der Waals surface area (Å²) in [6.07, 6.45) is -0.633. The Kier molecular flexibility index (Phi) is 6.22. The van der Waals surface area contributed by atoms with Gasteiger partial charge in [0, 0.05) is 0 Å². The van der Waals surface area contributed by atoms with Gasteiger partial charge in [-0.1, -0.05) is 36.4 Å². The standard InChI is InChI=1S/C20H25N3O3/c1-15(21-19(25)26-20(2,3)4)18(24)22-23(16-11-7-5-8-12-16)17-13-9-6-10-14-17/h5-15H,1-4H3,(H,21,25)(H,22,24). The molecule has 0 aliphatic carbocycles. The topological polar surface area (TPSA) is 70.7 Å². The van der Waals surface area contributed by atoms with Crippen LogP contribution in [0, 0.1) is 0 Å². The van der Waals surface area contributed by atoms with Gasteiger partial charge >= 0.3 is 6.09 Å². The lowest BCUT2D eigenvalue weighted by Crippen LogP contribution is -2.50. The molecule has 2 aromatic rings. The first-order chi connectivity index (χ1) is 12.3. The molecule has 6 nitrogen and oxygen atoms in total. The first-order valence-corrected chi connectivity index (χ1v) is 8.46. The molecule has 0 radical (unpaired) electrons. The maximum Gasteiger partial charge on any atom is 0.408 e. The maximum atomic E-state index is 12.6. The average Bonchev–Trinajstić information content (AvgIpc) is 2.59. The third-order valence-electron chi connectivity index (χ3n) is 3.38. The molecule has 0 saturated heterocycles. The van der Waals surface area contributed by atoms with E-state index in [0.29, 0.717) is 0 Å². The van der Waals surface area contributed by atoms with Gasteiger partial charge in [-0.25, -0.2) is 4.79 Å². The maximum absolute atomic E-state index is 12.6. The van der Waals surface area contributed by atoms with Gasteiger partial charge in [0.2, 0.25) is 0 Å². The second-order valence-electron chi connectivity index (χ2n) is 6.85. The Bertz CT molecular complexity index is 687. The van der Waals surface area contributed by atoms with E-state index in [9.17, 15) is 9.59 Å². The van der Waals surface area contributed by atoms with Crippen molar-refractivity contribution >= 4 is 23.4 Å². The second-order valence-corrected chi connectivity index (χ2v) is 6.85. The number of hydrazine groups is 1. The third-order valence-corrected chi connectivity index (χ3v) is 3.38. The summed E-state index contributed by atoms with van der Waals surface area (Å²) in [4.78, 5) is 24.5. The number of nitrogens with one attached hydrogen (secondary N) is 2. The molecule has 138 valence electrons. The Morgan fingerprint density at radius 1 is 0.923 bits per heavy atom. The van der Waals surface area contributed by atoms with Crippen molar-refractivity contribution in [2.75, 3.05) is 5.01 Å². The van der Waals surface area contributed by atoms with Gasteiger partial charge in [-0.3, -0.25) is 15.2 Å². The molecule has 2 aromatic carbocycles. The van der Waals surface area contributed by atoms with Crippen molar-refractivity contribution in [3.05, 3.63) is 60.7 Å². The molecule has 1 atom stereocenters. The number of carbonyl (C=O) groups excluding carboxylic acids is 2. The summed E-state index contributed by atoms with van der Waals surface area (Å²) >= 11 is 0. The average molecular weight is 355 g/mol. The molecule has 0 aromatic heterocycles. The number of nitrogens with zero attached hydrogens (tertiary/aromatic N) is 1. The van der Waals surface area contributed by atoms with Crippen molar-refractivity contribution in [2.24, 2.45) is 0 Å². The number of alkyl carbamates (subject to hydrolysis) is 1. The minimum absolute atomic E-state index is 0.358. The predicted molar refractivity (Wildman–Crippen MR) is 102 cm³/mol. The van der Waals surface area contributed by atoms with Crippen LogP contribution in [-0.4, -0.2) is 23.6 Å². The zero-order chi connectivity index (χ0) is 19.2. The van der Waals surface area contributed by atoms with E-state index in [0.717, 1.165) is 11.4 Å². The smallest absolute Gasteiger partial charge is 0.408 e. The molecule has 2 N–H and O–H groups in total. The van der Waals surface area contributed by atoms with E-state index in [-0.39, 0.29) is 5.91 Å². The Balaban J connectivity index is 2.10. The van der Waals surface area contributed by atoms with Crippen molar-refractivity contribution in [3.63, 3.8) is 0 Å². The Hall–Kier alpha value is -3.02. The number of ether oxygens (including phenoxy) is 1. The second kappa shape index (κ2) is 8.38. The molecule has 0 fully saturated rings. The van der Waals surface area contributed by atoms with E-state index in [1.54, 1.807) is 32.7 Å². The lowest BCUT2D eigenvalue weighted by Gasteiger charge is -2.27. The number of hydrogen-bond acceptors (Lipinski definition) is 4. The van der Waals surface area contributed by atoms with Crippen molar-refractivity contribution < 1.29 is 14.3 Å². The van der Waals surface area contributed by atoms with E-state index in [2.05, 4.69) is 10.7 Å². The van der Waals surface area contributed by atoms with Gasteiger partial charge in [-0.15, -0.1) is 0 Å². The van der Waals surface area contributed by atoms with Crippen LogP contribution in [0.3, 0.4) is 0 Å². The van der Waals surface area contributed by atoms with Gasteiger partial charge in [0.1, 0.15) is 11.6 Å². The largest absolute Gasteiger partial charge is 0.444 e. The monoisotopic (exact) mass is 355 g/mol. The third kappa shape index (κ3) is 5.81. The summed E-state index contributed by atoms with van der Waals surface area (Å²) < 4.78 is 5.19. The minimum Gasteiger partial charge on any atom is -0.444 e. The fourth-order valence-corrected chi connectivity index (χ4v) is 2.19. The molecule has 26 heavy (non-hydrogen) atoms. The SMILES string of the molecule is CC(NC(=O)OC(C)(C)C)C(=O)NN(c1ccccc1)c1ccccc1. The normalized spacial score (nSPS) is 12.0. The molecule has 0 bridgehead atoms. The minimum atomic E-state index is -0.764. The van der Waals surface area contributed by atoms with Crippen LogP contribution in [-0.2, 0) is 9.53 Å². The predicted octanol–water partition coefficient (Wildman–Crippen LogP) is 3.77. The van der Waals surface area contributed by atoms with Crippen LogP contribution >= 0.6 is 0 Å². The fraction of sp³-hybridized carbons (Fsp3) is 0.300. The zero-order valence-corrected chi connectivity index (χ0v) is 15.5. The van der Waals surface area contributed by atoms with Crippen LogP contribution < -0.4 is 15.8 Å². The lowest BCUT2D eigenvalue weighted by molar-refractivity contribution is -0.122. The molecule has 6 heteroatoms. The number of benzene rings is 2. The molecule has 0 heterocycles. The van der Waals surface area contributed by atoms with Crippen molar-refractivity contribution in [2.45, 2.75) is 39.3 Å². The highest BCUT2D eigenvalue weighted by molar-refractivity contribution is 5.87.